The summed E-state index contributed by atoms with van der Waals surface area (Å²) in [4.78, 5) is 9.11. The zero-order valence-corrected chi connectivity index (χ0v) is 11.7. The molecule has 3 nitrogen and oxygen atoms in total. The van der Waals surface area contributed by atoms with E-state index in [1.54, 1.807) is 0 Å². The van der Waals surface area contributed by atoms with Crippen molar-refractivity contribution in [1.29, 1.82) is 0 Å². The second kappa shape index (κ2) is 4.05. The van der Waals surface area contributed by atoms with E-state index >= 15 is 0 Å². The minimum atomic E-state index is 0.123. The summed E-state index contributed by atoms with van der Waals surface area (Å²) in [6.45, 7) is 2.18. The summed E-state index contributed by atoms with van der Waals surface area (Å²) in [5.74, 6) is 1.38. The highest BCUT2D eigenvalue weighted by Gasteiger charge is 2.42. The van der Waals surface area contributed by atoms with E-state index < -0.39 is 0 Å². The van der Waals surface area contributed by atoms with Crippen molar-refractivity contribution in [3.05, 3.63) is 40.6 Å². The molecule has 1 aliphatic carbocycles. The topological polar surface area (TPSA) is 51.8 Å². The lowest BCUT2D eigenvalue weighted by Gasteiger charge is -2.12. The molecule has 1 heterocycles. The van der Waals surface area contributed by atoms with Crippen LogP contribution in [0.3, 0.4) is 0 Å². The number of hydrogen-bond donors (Lipinski definition) is 1. The maximum Gasteiger partial charge on any atom is 0.142 e. The van der Waals surface area contributed by atoms with Crippen LogP contribution >= 0.6 is 15.9 Å². The summed E-state index contributed by atoms with van der Waals surface area (Å²) < 4.78 is 0.779. The largest absolute Gasteiger partial charge is 0.383 e. The van der Waals surface area contributed by atoms with Gasteiger partial charge in [-0.15, -0.1) is 0 Å². The average Bonchev–Trinajstić information content (AvgIpc) is 3.13. The molecule has 0 bridgehead atoms. The summed E-state index contributed by atoms with van der Waals surface area (Å²) in [6, 6.07) is 10.1. The fourth-order valence-electron chi connectivity index (χ4n) is 1.93. The van der Waals surface area contributed by atoms with Gasteiger partial charge < -0.3 is 5.73 Å². The second-order valence-corrected chi connectivity index (χ2v) is 5.81. The Labute approximate surface area is 115 Å². The van der Waals surface area contributed by atoms with Crippen LogP contribution in [0.4, 0.5) is 5.82 Å². The molecular weight excluding hydrogens is 290 g/mol. The molecule has 1 aromatic heterocycles. The molecular formula is C14H14BrN3. The number of aromatic nitrogens is 2. The fraction of sp³-hybridized carbons (Fsp3) is 0.286. The smallest absolute Gasteiger partial charge is 0.142 e. The molecule has 1 saturated carbocycles. The lowest BCUT2D eigenvalue weighted by Crippen LogP contribution is -2.10. The van der Waals surface area contributed by atoms with Crippen LogP contribution in [0, 0.1) is 0 Å². The zero-order valence-electron chi connectivity index (χ0n) is 10.2. The maximum absolute atomic E-state index is 5.99. The Morgan fingerprint density at radius 1 is 1.17 bits per heavy atom. The SMILES string of the molecule is CC1(c2nc(N)c(Br)c(-c3ccccc3)n2)CC1. The van der Waals surface area contributed by atoms with Crippen molar-refractivity contribution < 1.29 is 0 Å². The van der Waals surface area contributed by atoms with Crippen LogP contribution in [-0.4, -0.2) is 9.97 Å². The van der Waals surface area contributed by atoms with Gasteiger partial charge in [0.15, 0.2) is 0 Å². The standard InChI is InChI=1S/C14H14BrN3/c1-14(7-8-14)13-17-11(10(15)12(16)18-13)9-5-3-2-4-6-9/h2-6H,7-8H2,1H3,(H2,16,17,18). The Hall–Kier alpha value is -1.42. The first-order chi connectivity index (χ1) is 8.60. The molecule has 1 aliphatic rings. The normalized spacial score (nSPS) is 16.6. The predicted molar refractivity (Wildman–Crippen MR) is 76.2 cm³/mol. The zero-order chi connectivity index (χ0) is 12.8. The summed E-state index contributed by atoms with van der Waals surface area (Å²) >= 11 is 3.49. The number of hydrogen-bond acceptors (Lipinski definition) is 3. The molecule has 0 aliphatic heterocycles. The van der Waals surface area contributed by atoms with Gasteiger partial charge in [-0.3, -0.25) is 0 Å². The summed E-state index contributed by atoms with van der Waals surface area (Å²) in [5.41, 5.74) is 8.05. The predicted octanol–water partition coefficient (Wildman–Crippen LogP) is 3.54. The van der Waals surface area contributed by atoms with Gasteiger partial charge in [-0.1, -0.05) is 37.3 Å². The molecule has 0 saturated heterocycles. The number of halogens is 1. The average molecular weight is 304 g/mol. The van der Waals surface area contributed by atoms with E-state index in [-0.39, 0.29) is 5.41 Å². The Morgan fingerprint density at radius 2 is 1.83 bits per heavy atom. The van der Waals surface area contributed by atoms with E-state index in [0.29, 0.717) is 5.82 Å². The van der Waals surface area contributed by atoms with E-state index in [4.69, 9.17) is 10.7 Å². The third-order valence-corrected chi connectivity index (χ3v) is 4.25. The van der Waals surface area contributed by atoms with E-state index in [0.717, 1.165) is 34.4 Å². The first-order valence-corrected chi connectivity index (χ1v) is 6.78. The van der Waals surface area contributed by atoms with Crippen molar-refractivity contribution >= 4 is 21.7 Å². The van der Waals surface area contributed by atoms with Crippen LogP contribution in [0.15, 0.2) is 34.8 Å². The molecule has 1 fully saturated rings. The highest BCUT2D eigenvalue weighted by Crippen LogP contribution is 2.47. The van der Waals surface area contributed by atoms with Crippen molar-refractivity contribution in [3.63, 3.8) is 0 Å². The van der Waals surface area contributed by atoms with Gasteiger partial charge in [0, 0.05) is 11.0 Å². The molecule has 2 aromatic rings. The van der Waals surface area contributed by atoms with Gasteiger partial charge >= 0.3 is 0 Å². The Balaban J connectivity index is 2.17. The number of nitrogen functional groups attached to an aromatic ring is 1. The van der Waals surface area contributed by atoms with Crippen molar-refractivity contribution in [3.8, 4) is 11.3 Å². The molecule has 0 spiro atoms. The number of nitrogens with zero attached hydrogens (tertiary/aromatic N) is 2. The minimum absolute atomic E-state index is 0.123. The molecule has 1 aromatic carbocycles. The number of anilines is 1. The minimum Gasteiger partial charge on any atom is -0.383 e. The summed E-state index contributed by atoms with van der Waals surface area (Å²) in [7, 11) is 0. The molecule has 0 unspecified atom stereocenters. The van der Waals surface area contributed by atoms with Crippen LogP contribution in [0.5, 0.6) is 0 Å². The van der Waals surface area contributed by atoms with Gasteiger partial charge in [-0.2, -0.15) is 0 Å². The molecule has 92 valence electrons. The summed E-state index contributed by atoms with van der Waals surface area (Å²) in [6.07, 6.45) is 2.28. The number of nitrogens with two attached hydrogens (primary N) is 1. The molecule has 18 heavy (non-hydrogen) atoms. The second-order valence-electron chi connectivity index (χ2n) is 5.02. The first kappa shape index (κ1) is 11.7. The van der Waals surface area contributed by atoms with Crippen LogP contribution in [0.2, 0.25) is 0 Å². The Bertz CT molecular complexity index is 591. The van der Waals surface area contributed by atoms with E-state index in [1.807, 2.05) is 30.3 Å². The molecule has 2 N–H and O–H groups in total. The monoisotopic (exact) mass is 303 g/mol. The van der Waals surface area contributed by atoms with Crippen molar-refractivity contribution in [1.82, 2.24) is 9.97 Å². The molecule has 0 radical (unpaired) electrons. The first-order valence-electron chi connectivity index (χ1n) is 5.99. The van der Waals surface area contributed by atoms with Crippen LogP contribution in [0.25, 0.3) is 11.3 Å². The van der Waals surface area contributed by atoms with Gasteiger partial charge in [0.1, 0.15) is 11.6 Å². The van der Waals surface area contributed by atoms with Crippen molar-refractivity contribution in [2.24, 2.45) is 0 Å². The highest BCUT2D eigenvalue weighted by molar-refractivity contribution is 9.10. The number of benzene rings is 1. The summed E-state index contributed by atoms with van der Waals surface area (Å²) in [5, 5.41) is 0. The third-order valence-electron chi connectivity index (χ3n) is 3.46. The van der Waals surface area contributed by atoms with E-state index in [2.05, 4.69) is 27.8 Å². The highest BCUT2D eigenvalue weighted by atomic mass is 79.9. The quantitative estimate of drug-likeness (QED) is 0.923. The maximum atomic E-state index is 5.99. The van der Waals surface area contributed by atoms with Gasteiger partial charge in [-0.25, -0.2) is 9.97 Å². The van der Waals surface area contributed by atoms with Crippen molar-refractivity contribution in [2.45, 2.75) is 25.2 Å². The Morgan fingerprint density at radius 3 is 2.44 bits per heavy atom. The molecule has 4 heteroatoms. The molecule has 0 atom stereocenters. The fourth-order valence-corrected chi connectivity index (χ4v) is 2.34. The van der Waals surface area contributed by atoms with Crippen LogP contribution < -0.4 is 5.73 Å². The van der Waals surface area contributed by atoms with E-state index in [1.165, 1.54) is 0 Å². The van der Waals surface area contributed by atoms with Gasteiger partial charge in [0.25, 0.3) is 0 Å². The lowest BCUT2D eigenvalue weighted by atomic mass is 10.1. The van der Waals surface area contributed by atoms with E-state index in [9.17, 15) is 0 Å². The van der Waals surface area contributed by atoms with Crippen molar-refractivity contribution in [2.75, 3.05) is 5.73 Å². The molecule has 0 amide bonds. The van der Waals surface area contributed by atoms with Crippen LogP contribution in [-0.2, 0) is 5.41 Å². The molecule has 3 rings (SSSR count). The van der Waals surface area contributed by atoms with Gasteiger partial charge in [0.05, 0.1) is 10.2 Å². The Kier molecular flexibility index (Phi) is 2.63. The van der Waals surface area contributed by atoms with Crippen LogP contribution in [0.1, 0.15) is 25.6 Å². The van der Waals surface area contributed by atoms with Gasteiger partial charge in [-0.05, 0) is 28.8 Å². The third kappa shape index (κ3) is 1.90. The van der Waals surface area contributed by atoms with Gasteiger partial charge in [0.2, 0.25) is 0 Å². The number of rotatable bonds is 2. The lowest BCUT2D eigenvalue weighted by molar-refractivity contribution is 0.711.